The van der Waals surface area contributed by atoms with E-state index in [1.807, 2.05) is 28.8 Å². The van der Waals surface area contributed by atoms with Gasteiger partial charge in [-0.05, 0) is 31.9 Å². The molecule has 4 N–H and O–H groups in total. The number of rotatable bonds is 7. The minimum absolute atomic E-state index is 0.450. The van der Waals surface area contributed by atoms with Gasteiger partial charge in [-0.25, -0.2) is 0 Å². The second-order valence-corrected chi connectivity index (χ2v) is 6.06. The largest absolute Gasteiger partial charge is 0.368 e. The molecule has 0 fully saturated rings. The van der Waals surface area contributed by atoms with Gasteiger partial charge >= 0.3 is 0 Å². The van der Waals surface area contributed by atoms with Crippen molar-refractivity contribution in [2.45, 2.75) is 36.9 Å². The fourth-order valence-electron chi connectivity index (χ4n) is 1.80. The SMILES string of the molecule is CC(N)(CCCCSc1nnc2ccccn12)C(N)=O. The van der Waals surface area contributed by atoms with Crippen molar-refractivity contribution in [2.75, 3.05) is 5.75 Å². The maximum absolute atomic E-state index is 11.1. The first-order valence-electron chi connectivity index (χ1n) is 6.52. The summed E-state index contributed by atoms with van der Waals surface area (Å²) in [5.41, 5.74) is 11.0. The monoisotopic (exact) mass is 293 g/mol. The van der Waals surface area contributed by atoms with E-state index in [0.29, 0.717) is 6.42 Å². The van der Waals surface area contributed by atoms with Crippen molar-refractivity contribution in [3.05, 3.63) is 24.4 Å². The summed E-state index contributed by atoms with van der Waals surface area (Å²) in [7, 11) is 0. The van der Waals surface area contributed by atoms with Crippen LogP contribution in [0.15, 0.2) is 29.6 Å². The Morgan fingerprint density at radius 3 is 2.95 bits per heavy atom. The zero-order chi connectivity index (χ0) is 14.6. The van der Waals surface area contributed by atoms with Gasteiger partial charge in [-0.3, -0.25) is 9.20 Å². The molecule has 0 saturated heterocycles. The van der Waals surface area contributed by atoms with Crippen LogP contribution in [-0.4, -0.2) is 31.8 Å². The smallest absolute Gasteiger partial charge is 0.237 e. The van der Waals surface area contributed by atoms with E-state index in [-0.39, 0.29) is 0 Å². The molecule has 2 aromatic rings. The van der Waals surface area contributed by atoms with Crippen molar-refractivity contribution in [3.8, 4) is 0 Å². The van der Waals surface area contributed by atoms with Crippen molar-refractivity contribution < 1.29 is 4.79 Å². The molecule has 1 atom stereocenters. The lowest BCUT2D eigenvalue weighted by Gasteiger charge is -2.19. The lowest BCUT2D eigenvalue weighted by molar-refractivity contribution is -0.122. The highest BCUT2D eigenvalue weighted by molar-refractivity contribution is 7.99. The van der Waals surface area contributed by atoms with Gasteiger partial charge in [-0.1, -0.05) is 24.2 Å². The van der Waals surface area contributed by atoms with E-state index in [1.54, 1.807) is 18.7 Å². The first kappa shape index (κ1) is 14.8. The van der Waals surface area contributed by atoms with Gasteiger partial charge in [0.15, 0.2) is 10.8 Å². The zero-order valence-electron chi connectivity index (χ0n) is 11.5. The molecule has 1 unspecified atom stereocenters. The van der Waals surface area contributed by atoms with E-state index in [9.17, 15) is 4.79 Å². The Bertz CT molecular complexity index is 595. The number of hydrogen-bond donors (Lipinski definition) is 2. The Morgan fingerprint density at radius 1 is 1.40 bits per heavy atom. The Balaban J connectivity index is 1.78. The number of amides is 1. The molecular weight excluding hydrogens is 274 g/mol. The summed E-state index contributed by atoms with van der Waals surface area (Å²) in [6.45, 7) is 1.68. The topological polar surface area (TPSA) is 99.3 Å². The number of fused-ring (bicyclic) bond motifs is 1. The molecule has 0 aliphatic carbocycles. The van der Waals surface area contributed by atoms with E-state index in [2.05, 4.69) is 10.2 Å². The molecule has 0 saturated carbocycles. The minimum atomic E-state index is -0.910. The molecule has 0 aromatic carbocycles. The number of primary amides is 1. The Kier molecular flexibility index (Phi) is 4.61. The number of nitrogens with zero attached hydrogens (tertiary/aromatic N) is 3. The lowest BCUT2D eigenvalue weighted by Crippen LogP contribution is -2.49. The van der Waals surface area contributed by atoms with E-state index in [1.165, 1.54) is 0 Å². The van der Waals surface area contributed by atoms with Crippen molar-refractivity contribution in [1.82, 2.24) is 14.6 Å². The number of nitrogens with two attached hydrogens (primary N) is 2. The number of carbonyl (C=O) groups is 1. The average Bonchev–Trinajstić information content (AvgIpc) is 2.81. The maximum atomic E-state index is 11.1. The Hall–Kier alpha value is -1.60. The van der Waals surface area contributed by atoms with Crippen molar-refractivity contribution in [1.29, 1.82) is 0 Å². The van der Waals surface area contributed by atoms with Gasteiger partial charge in [0.05, 0.1) is 5.54 Å². The molecule has 20 heavy (non-hydrogen) atoms. The van der Waals surface area contributed by atoms with Crippen LogP contribution in [0.3, 0.4) is 0 Å². The summed E-state index contributed by atoms with van der Waals surface area (Å²) in [6, 6.07) is 5.81. The Morgan fingerprint density at radius 2 is 2.20 bits per heavy atom. The van der Waals surface area contributed by atoms with Crippen LogP contribution in [0.4, 0.5) is 0 Å². The lowest BCUT2D eigenvalue weighted by atomic mass is 9.96. The molecule has 1 amide bonds. The zero-order valence-corrected chi connectivity index (χ0v) is 12.3. The van der Waals surface area contributed by atoms with Crippen molar-refractivity contribution in [3.63, 3.8) is 0 Å². The van der Waals surface area contributed by atoms with Crippen LogP contribution in [0, 0.1) is 0 Å². The third kappa shape index (κ3) is 3.49. The van der Waals surface area contributed by atoms with Gasteiger partial charge in [0.1, 0.15) is 0 Å². The van der Waals surface area contributed by atoms with Crippen LogP contribution in [0.25, 0.3) is 5.65 Å². The molecule has 0 bridgehead atoms. The second-order valence-electron chi connectivity index (χ2n) is 5.00. The average molecular weight is 293 g/mol. The fourth-order valence-corrected chi connectivity index (χ4v) is 2.72. The fraction of sp³-hybridized carbons (Fsp3) is 0.462. The summed E-state index contributed by atoms with van der Waals surface area (Å²) >= 11 is 1.65. The number of thioether (sulfide) groups is 1. The summed E-state index contributed by atoms with van der Waals surface area (Å²) in [5, 5.41) is 9.12. The van der Waals surface area contributed by atoms with E-state index >= 15 is 0 Å². The van der Waals surface area contributed by atoms with E-state index in [4.69, 9.17) is 11.5 Å². The van der Waals surface area contributed by atoms with Crippen molar-refractivity contribution in [2.24, 2.45) is 11.5 Å². The second kappa shape index (κ2) is 6.23. The van der Waals surface area contributed by atoms with Gasteiger partial charge in [-0.2, -0.15) is 0 Å². The molecule has 2 aromatic heterocycles. The number of unbranched alkanes of at least 4 members (excludes halogenated alkanes) is 1. The predicted octanol–water partition coefficient (Wildman–Crippen LogP) is 1.19. The molecule has 2 rings (SSSR count). The van der Waals surface area contributed by atoms with Gasteiger partial charge in [0.25, 0.3) is 0 Å². The Labute approximate surface area is 121 Å². The number of carbonyl (C=O) groups excluding carboxylic acids is 1. The number of pyridine rings is 1. The van der Waals surface area contributed by atoms with Gasteiger partial charge in [-0.15, -0.1) is 10.2 Å². The third-order valence-corrected chi connectivity index (χ3v) is 4.20. The molecule has 6 nitrogen and oxygen atoms in total. The van der Waals surface area contributed by atoms with Crippen LogP contribution < -0.4 is 11.5 Å². The van der Waals surface area contributed by atoms with Crippen molar-refractivity contribution >= 4 is 23.3 Å². The number of aromatic nitrogens is 3. The third-order valence-electron chi connectivity index (χ3n) is 3.17. The molecule has 0 aliphatic heterocycles. The van der Waals surface area contributed by atoms with Crippen LogP contribution in [0.1, 0.15) is 26.2 Å². The van der Waals surface area contributed by atoms with Crippen LogP contribution in [0.2, 0.25) is 0 Å². The maximum Gasteiger partial charge on any atom is 0.237 e. The molecule has 108 valence electrons. The number of hydrogen-bond acceptors (Lipinski definition) is 5. The highest BCUT2D eigenvalue weighted by Crippen LogP contribution is 2.19. The predicted molar refractivity (Wildman–Crippen MR) is 79.3 cm³/mol. The first-order chi connectivity index (χ1) is 9.50. The van der Waals surface area contributed by atoms with Crippen LogP contribution in [0.5, 0.6) is 0 Å². The summed E-state index contributed by atoms with van der Waals surface area (Å²) in [5.74, 6) is 0.457. The van der Waals surface area contributed by atoms with Crippen LogP contribution >= 0.6 is 11.8 Å². The highest BCUT2D eigenvalue weighted by Gasteiger charge is 2.24. The molecule has 0 aliphatic rings. The highest BCUT2D eigenvalue weighted by atomic mass is 32.2. The summed E-state index contributed by atoms with van der Waals surface area (Å²) in [4.78, 5) is 11.1. The van der Waals surface area contributed by atoms with Crippen LogP contribution in [-0.2, 0) is 4.79 Å². The molecule has 2 heterocycles. The van der Waals surface area contributed by atoms with Gasteiger partial charge in [0, 0.05) is 11.9 Å². The van der Waals surface area contributed by atoms with E-state index in [0.717, 1.165) is 29.4 Å². The molecule has 0 radical (unpaired) electrons. The quantitative estimate of drug-likeness (QED) is 0.590. The van der Waals surface area contributed by atoms with Gasteiger partial charge < -0.3 is 11.5 Å². The first-order valence-corrected chi connectivity index (χ1v) is 7.50. The normalized spacial score (nSPS) is 14.3. The van der Waals surface area contributed by atoms with Gasteiger partial charge in [0.2, 0.25) is 5.91 Å². The molecule has 0 spiro atoms. The summed E-state index contributed by atoms with van der Waals surface area (Å²) in [6.07, 6.45) is 4.36. The van der Waals surface area contributed by atoms with E-state index < -0.39 is 11.4 Å². The summed E-state index contributed by atoms with van der Waals surface area (Å²) < 4.78 is 1.96. The standard InChI is InChI=1S/C13H19N5OS/c1-13(15,11(14)19)7-3-5-9-20-12-17-16-10-6-2-4-8-18(10)12/h2,4,6,8H,3,5,7,9,15H2,1H3,(H2,14,19). The molecule has 7 heteroatoms. The molecular formula is C13H19N5OS. The minimum Gasteiger partial charge on any atom is -0.368 e.